The largest absolute Gasteiger partial charge is 0.488 e. The van der Waals surface area contributed by atoms with Gasteiger partial charge in [-0.3, -0.25) is 19.4 Å². The predicted molar refractivity (Wildman–Crippen MR) is 101 cm³/mol. The zero-order chi connectivity index (χ0) is 17.1. The molecule has 1 fully saturated rings. The van der Waals surface area contributed by atoms with Gasteiger partial charge in [-0.25, -0.2) is 0 Å². The molecule has 0 N–H and O–H groups in total. The number of hydrogen-bond donors (Lipinski definition) is 0. The summed E-state index contributed by atoms with van der Waals surface area (Å²) in [5.41, 5.74) is 0.825. The second-order valence-electron chi connectivity index (χ2n) is 4.86. The third-order valence-electron chi connectivity index (χ3n) is 3.27. The lowest BCUT2D eigenvalue weighted by Gasteiger charge is -2.31. The van der Waals surface area contributed by atoms with Crippen molar-refractivity contribution in [1.29, 1.82) is 0 Å². The Morgan fingerprint density at radius 2 is 1.87 bits per heavy atom. The third-order valence-corrected chi connectivity index (χ3v) is 4.66. The second kappa shape index (κ2) is 7.22. The van der Waals surface area contributed by atoms with E-state index in [9.17, 15) is 9.59 Å². The van der Waals surface area contributed by atoms with Gasteiger partial charge < -0.3 is 4.74 Å². The van der Waals surface area contributed by atoms with E-state index in [1.165, 1.54) is 9.80 Å². The minimum Gasteiger partial charge on any atom is -0.488 e. The molecular weight excluding hydrogens is 427 g/mol. The Balaban J connectivity index is 2.35. The lowest BCUT2D eigenvalue weighted by molar-refractivity contribution is -0.132. The van der Waals surface area contributed by atoms with Crippen molar-refractivity contribution in [2.45, 2.75) is 0 Å². The van der Waals surface area contributed by atoms with E-state index in [0.717, 1.165) is 14.9 Å². The Labute approximate surface area is 153 Å². The molecule has 2 rings (SSSR count). The van der Waals surface area contributed by atoms with Crippen molar-refractivity contribution < 1.29 is 14.3 Å². The average molecular weight is 442 g/mol. The number of halogens is 1. The predicted octanol–water partition coefficient (Wildman–Crippen LogP) is 2.45. The van der Waals surface area contributed by atoms with Gasteiger partial charge in [-0.2, -0.15) is 0 Å². The highest BCUT2D eigenvalue weighted by atomic mass is 127. The van der Waals surface area contributed by atoms with Gasteiger partial charge in [0.1, 0.15) is 17.9 Å². The SMILES string of the molecule is C=CCOc1ccc(C=C2C(=O)N(C)C(=S)N(C)C2=O)cc1I. The van der Waals surface area contributed by atoms with Gasteiger partial charge in [0, 0.05) is 14.1 Å². The molecule has 120 valence electrons. The van der Waals surface area contributed by atoms with Crippen LogP contribution in [0.15, 0.2) is 36.4 Å². The van der Waals surface area contributed by atoms with Crippen LogP contribution in [0.5, 0.6) is 5.75 Å². The molecule has 1 aromatic carbocycles. The fourth-order valence-electron chi connectivity index (χ4n) is 2.01. The zero-order valence-corrected chi connectivity index (χ0v) is 15.7. The highest BCUT2D eigenvalue weighted by Crippen LogP contribution is 2.25. The van der Waals surface area contributed by atoms with Crippen LogP contribution in [-0.4, -0.2) is 47.4 Å². The quantitative estimate of drug-likeness (QED) is 0.237. The number of nitrogens with zero attached hydrogens (tertiary/aromatic N) is 2. The Bertz CT molecular complexity index is 704. The highest BCUT2D eigenvalue weighted by Gasteiger charge is 2.35. The third kappa shape index (κ3) is 3.61. The molecule has 0 unspecified atom stereocenters. The fourth-order valence-corrected chi connectivity index (χ4v) is 2.88. The topological polar surface area (TPSA) is 49.9 Å². The molecule has 0 aromatic heterocycles. The van der Waals surface area contributed by atoms with Crippen molar-refractivity contribution in [1.82, 2.24) is 9.80 Å². The van der Waals surface area contributed by atoms with Crippen molar-refractivity contribution in [3.05, 3.63) is 45.6 Å². The summed E-state index contributed by atoms with van der Waals surface area (Å²) < 4.78 is 6.39. The first-order valence-electron chi connectivity index (χ1n) is 6.71. The summed E-state index contributed by atoms with van der Waals surface area (Å²) in [7, 11) is 3.11. The van der Waals surface area contributed by atoms with Gasteiger partial charge in [0.05, 0.1) is 3.57 Å². The molecule has 1 heterocycles. The zero-order valence-electron chi connectivity index (χ0n) is 12.7. The standard InChI is InChI=1S/C16H15IN2O3S/c1-4-7-22-13-6-5-10(9-12(13)17)8-11-14(20)18(2)16(23)19(3)15(11)21/h4-6,8-9H,1,7H2,2-3H3. The summed E-state index contributed by atoms with van der Waals surface area (Å²) in [6, 6.07) is 5.44. The van der Waals surface area contributed by atoms with E-state index in [4.69, 9.17) is 17.0 Å². The van der Waals surface area contributed by atoms with Crippen LogP contribution in [0, 0.1) is 3.57 Å². The van der Waals surface area contributed by atoms with Crippen molar-refractivity contribution >= 4 is 57.8 Å². The van der Waals surface area contributed by atoms with E-state index in [0.29, 0.717) is 6.61 Å². The summed E-state index contributed by atoms with van der Waals surface area (Å²) in [5, 5.41) is 0.194. The van der Waals surface area contributed by atoms with Gasteiger partial charge in [0.25, 0.3) is 11.8 Å². The Morgan fingerprint density at radius 3 is 2.39 bits per heavy atom. The van der Waals surface area contributed by atoms with Gasteiger partial charge in [-0.1, -0.05) is 18.7 Å². The Kier molecular flexibility index (Phi) is 5.53. The number of carbonyl (C=O) groups is 2. The van der Waals surface area contributed by atoms with Crippen molar-refractivity contribution in [2.75, 3.05) is 20.7 Å². The first-order chi connectivity index (χ1) is 10.9. The maximum atomic E-state index is 12.3. The van der Waals surface area contributed by atoms with Gasteiger partial charge in [-0.05, 0) is 58.6 Å². The van der Waals surface area contributed by atoms with Crippen LogP contribution in [0.1, 0.15) is 5.56 Å². The number of amides is 2. The summed E-state index contributed by atoms with van der Waals surface area (Å²) in [5.74, 6) is -0.0791. The number of likely N-dealkylation sites (N-methyl/N-ethyl adjacent to an activating group) is 2. The number of carbonyl (C=O) groups excluding carboxylic acids is 2. The van der Waals surface area contributed by atoms with E-state index < -0.39 is 11.8 Å². The average Bonchev–Trinajstić information content (AvgIpc) is 2.54. The smallest absolute Gasteiger partial charge is 0.265 e. The molecule has 0 saturated carbocycles. The van der Waals surface area contributed by atoms with Gasteiger partial charge in [-0.15, -0.1) is 0 Å². The van der Waals surface area contributed by atoms with E-state index >= 15 is 0 Å². The van der Waals surface area contributed by atoms with E-state index in [1.807, 2.05) is 6.07 Å². The lowest BCUT2D eigenvalue weighted by atomic mass is 10.1. The Hall–Kier alpha value is -1.74. The Morgan fingerprint density at radius 1 is 1.26 bits per heavy atom. The van der Waals surface area contributed by atoms with Crippen molar-refractivity contribution in [3.63, 3.8) is 0 Å². The molecule has 1 aromatic rings. The monoisotopic (exact) mass is 442 g/mol. The summed E-state index contributed by atoms with van der Waals surface area (Å²) in [4.78, 5) is 27.1. The van der Waals surface area contributed by atoms with Crippen LogP contribution >= 0.6 is 34.8 Å². The van der Waals surface area contributed by atoms with Crippen LogP contribution in [0.4, 0.5) is 0 Å². The molecule has 0 spiro atoms. The van der Waals surface area contributed by atoms with E-state index in [-0.39, 0.29) is 10.7 Å². The van der Waals surface area contributed by atoms with Gasteiger partial charge in [0.2, 0.25) is 0 Å². The molecule has 7 heteroatoms. The summed E-state index contributed by atoms with van der Waals surface area (Å²) >= 11 is 7.20. The van der Waals surface area contributed by atoms with Crippen LogP contribution < -0.4 is 4.74 Å². The van der Waals surface area contributed by atoms with E-state index in [2.05, 4.69) is 29.2 Å². The maximum Gasteiger partial charge on any atom is 0.265 e. The van der Waals surface area contributed by atoms with Gasteiger partial charge in [0.15, 0.2) is 5.11 Å². The fraction of sp³-hybridized carbons (Fsp3) is 0.188. The van der Waals surface area contributed by atoms with E-state index in [1.54, 1.807) is 38.4 Å². The molecule has 0 radical (unpaired) electrons. The molecule has 0 atom stereocenters. The molecule has 0 aliphatic carbocycles. The molecule has 0 bridgehead atoms. The molecule has 2 amide bonds. The molecule has 1 aliphatic heterocycles. The molecular formula is C16H15IN2O3S. The van der Waals surface area contributed by atoms with Crippen LogP contribution in [0.2, 0.25) is 0 Å². The number of benzene rings is 1. The minimum atomic E-state index is -0.403. The summed E-state index contributed by atoms with van der Waals surface area (Å²) in [6.45, 7) is 4.02. The lowest BCUT2D eigenvalue weighted by Crippen LogP contribution is -2.52. The number of hydrogen-bond acceptors (Lipinski definition) is 4. The number of thiocarbonyl (C=S) groups is 1. The van der Waals surface area contributed by atoms with Crippen LogP contribution in [-0.2, 0) is 9.59 Å². The minimum absolute atomic E-state index is 0.0826. The van der Waals surface area contributed by atoms with Crippen LogP contribution in [0.25, 0.3) is 6.08 Å². The van der Waals surface area contributed by atoms with Gasteiger partial charge >= 0.3 is 0 Å². The molecule has 23 heavy (non-hydrogen) atoms. The summed E-state index contributed by atoms with van der Waals surface area (Å²) in [6.07, 6.45) is 3.23. The first-order valence-corrected chi connectivity index (χ1v) is 8.20. The second-order valence-corrected chi connectivity index (χ2v) is 6.39. The number of ether oxygens (including phenoxy) is 1. The molecule has 5 nitrogen and oxygen atoms in total. The highest BCUT2D eigenvalue weighted by molar-refractivity contribution is 14.1. The van der Waals surface area contributed by atoms with Crippen molar-refractivity contribution in [3.8, 4) is 5.75 Å². The number of rotatable bonds is 4. The van der Waals surface area contributed by atoms with Crippen molar-refractivity contribution in [2.24, 2.45) is 0 Å². The van der Waals surface area contributed by atoms with Crippen LogP contribution in [0.3, 0.4) is 0 Å². The normalized spacial score (nSPS) is 15.1. The maximum absolute atomic E-state index is 12.3. The first kappa shape index (κ1) is 17.6. The molecule has 1 aliphatic rings. The molecule has 1 saturated heterocycles.